The predicted molar refractivity (Wildman–Crippen MR) is 124 cm³/mol. The van der Waals surface area contributed by atoms with Crippen molar-refractivity contribution in [2.45, 2.75) is 18.9 Å². The second-order valence-corrected chi connectivity index (χ2v) is 6.81. The summed E-state index contributed by atoms with van der Waals surface area (Å²) in [7, 11) is 8.61. The van der Waals surface area contributed by atoms with Crippen LogP contribution in [0.1, 0.15) is 23.5 Å². The summed E-state index contributed by atoms with van der Waals surface area (Å²) in [5.41, 5.74) is 2.31. The van der Waals surface area contributed by atoms with E-state index in [1.54, 1.807) is 21.3 Å². The molecular weight excluding hydrogens is 485 g/mol. The second-order valence-electron chi connectivity index (χ2n) is 6.81. The fourth-order valence-electron chi connectivity index (χ4n) is 3.63. The molecule has 1 aliphatic rings. The molecule has 2 aromatic rings. The Bertz CT molecular complexity index is 814. The zero-order valence-corrected chi connectivity index (χ0v) is 20.0. The SMILES string of the molecule is CN=C(NCc1cc(OC)c(OC)c(OC)c1)N1CCC(c2cnn(C)c2)C1.I. The minimum atomic E-state index is 0. The Hall–Kier alpha value is -2.17. The monoisotopic (exact) mass is 515 g/mol. The summed E-state index contributed by atoms with van der Waals surface area (Å²) >= 11 is 0. The molecule has 0 radical (unpaired) electrons. The zero-order valence-electron chi connectivity index (χ0n) is 17.6. The van der Waals surface area contributed by atoms with Crippen LogP contribution in [0.25, 0.3) is 0 Å². The Balaban J connectivity index is 0.00000300. The molecule has 1 unspecified atom stereocenters. The first kappa shape index (κ1) is 23.1. The quantitative estimate of drug-likeness (QED) is 0.363. The van der Waals surface area contributed by atoms with Gasteiger partial charge in [-0.25, -0.2) is 0 Å². The minimum absolute atomic E-state index is 0. The smallest absolute Gasteiger partial charge is 0.203 e. The lowest BCUT2D eigenvalue weighted by Crippen LogP contribution is -2.39. The van der Waals surface area contributed by atoms with Crippen molar-refractivity contribution in [2.24, 2.45) is 12.0 Å². The van der Waals surface area contributed by atoms with Crippen LogP contribution < -0.4 is 19.5 Å². The van der Waals surface area contributed by atoms with E-state index in [0.717, 1.165) is 31.0 Å². The van der Waals surface area contributed by atoms with Crippen LogP contribution in [0.15, 0.2) is 29.5 Å². The number of likely N-dealkylation sites (tertiary alicyclic amines) is 1. The Morgan fingerprint density at radius 1 is 1.21 bits per heavy atom. The average Bonchev–Trinajstić information content (AvgIpc) is 3.36. The fourth-order valence-corrected chi connectivity index (χ4v) is 3.63. The number of nitrogens with zero attached hydrogens (tertiary/aromatic N) is 4. The van der Waals surface area contributed by atoms with Gasteiger partial charge in [0.25, 0.3) is 0 Å². The fraction of sp³-hybridized carbons (Fsp3) is 0.500. The van der Waals surface area contributed by atoms with E-state index < -0.39 is 0 Å². The van der Waals surface area contributed by atoms with Crippen molar-refractivity contribution in [3.8, 4) is 17.2 Å². The van der Waals surface area contributed by atoms with Gasteiger partial charge < -0.3 is 24.4 Å². The van der Waals surface area contributed by atoms with Gasteiger partial charge in [-0.05, 0) is 29.7 Å². The lowest BCUT2D eigenvalue weighted by atomic mass is 10.0. The number of aliphatic imine (C=N–C) groups is 1. The van der Waals surface area contributed by atoms with Crippen molar-refractivity contribution in [2.75, 3.05) is 41.5 Å². The molecule has 0 saturated carbocycles. The number of benzene rings is 1. The molecule has 1 atom stereocenters. The molecule has 1 N–H and O–H groups in total. The Morgan fingerprint density at radius 2 is 1.90 bits per heavy atom. The molecule has 1 aromatic heterocycles. The largest absolute Gasteiger partial charge is 0.493 e. The van der Waals surface area contributed by atoms with Crippen molar-refractivity contribution in [3.63, 3.8) is 0 Å². The van der Waals surface area contributed by atoms with Crippen LogP contribution in [-0.2, 0) is 13.6 Å². The van der Waals surface area contributed by atoms with Gasteiger partial charge in [0.05, 0.1) is 27.5 Å². The number of methoxy groups -OCH3 is 3. The van der Waals surface area contributed by atoms with Crippen LogP contribution in [0.5, 0.6) is 17.2 Å². The van der Waals surface area contributed by atoms with E-state index in [2.05, 4.69) is 26.5 Å². The standard InChI is InChI=1S/C20H29N5O3.HI/c1-21-20(25-7-6-15(13-25)16-11-23-24(2)12-16)22-10-14-8-17(26-3)19(28-5)18(9-14)27-4;/h8-9,11-12,15H,6-7,10,13H2,1-5H3,(H,21,22);1H. The second kappa shape index (κ2) is 10.6. The van der Waals surface area contributed by atoms with E-state index in [-0.39, 0.29) is 24.0 Å². The predicted octanol–water partition coefficient (Wildman–Crippen LogP) is 2.63. The minimum Gasteiger partial charge on any atom is -0.493 e. The Kier molecular flexibility index (Phi) is 8.42. The van der Waals surface area contributed by atoms with E-state index in [0.29, 0.717) is 29.7 Å². The van der Waals surface area contributed by atoms with Crippen molar-refractivity contribution in [3.05, 3.63) is 35.7 Å². The highest BCUT2D eigenvalue weighted by Gasteiger charge is 2.27. The molecular formula is C20H30IN5O3. The summed E-state index contributed by atoms with van der Waals surface area (Å²) in [4.78, 5) is 6.75. The van der Waals surface area contributed by atoms with Gasteiger partial charge >= 0.3 is 0 Å². The highest BCUT2D eigenvalue weighted by molar-refractivity contribution is 14.0. The molecule has 1 aliphatic heterocycles. The summed E-state index contributed by atoms with van der Waals surface area (Å²) in [5.74, 6) is 3.25. The first-order valence-corrected chi connectivity index (χ1v) is 9.32. The molecule has 3 rings (SSSR count). The van der Waals surface area contributed by atoms with Gasteiger partial charge in [0.2, 0.25) is 5.75 Å². The number of ether oxygens (including phenoxy) is 3. The Morgan fingerprint density at radius 3 is 2.41 bits per heavy atom. The third-order valence-electron chi connectivity index (χ3n) is 5.07. The van der Waals surface area contributed by atoms with Crippen LogP contribution in [0.2, 0.25) is 0 Å². The summed E-state index contributed by atoms with van der Waals surface area (Å²) < 4.78 is 18.1. The first-order chi connectivity index (χ1) is 13.6. The molecule has 29 heavy (non-hydrogen) atoms. The van der Waals surface area contributed by atoms with E-state index in [1.165, 1.54) is 5.56 Å². The lowest BCUT2D eigenvalue weighted by Gasteiger charge is -2.22. The molecule has 0 bridgehead atoms. The maximum Gasteiger partial charge on any atom is 0.203 e. The number of hydrogen-bond acceptors (Lipinski definition) is 5. The number of nitrogens with one attached hydrogen (secondary N) is 1. The molecule has 1 saturated heterocycles. The van der Waals surface area contributed by atoms with Crippen LogP contribution in [-0.4, -0.2) is 62.1 Å². The summed E-state index contributed by atoms with van der Waals surface area (Å²) in [5, 5.41) is 7.74. The number of rotatable bonds is 6. The maximum absolute atomic E-state index is 5.44. The highest BCUT2D eigenvalue weighted by Crippen LogP contribution is 2.38. The normalized spacial score (nSPS) is 16.4. The van der Waals surface area contributed by atoms with Gasteiger partial charge in [0, 0.05) is 45.8 Å². The highest BCUT2D eigenvalue weighted by atomic mass is 127. The molecule has 9 heteroatoms. The van der Waals surface area contributed by atoms with Gasteiger partial charge in [0.1, 0.15) is 0 Å². The number of hydrogen-bond donors (Lipinski definition) is 1. The first-order valence-electron chi connectivity index (χ1n) is 9.32. The summed E-state index contributed by atoms with van der Waals surface area (Å²) in [6, 6.07) is 3.90. The van der Waals surface area contributed by atoms with Crippen LogP contribution in [0, 0.1) is 0 Å². The topological polar surface area (TPSA) is 73.1 Å². The van der Waals surface area contributed by atoms with Crippen molar-refractivity contribution < 1.29 is 14.2 Å². The Labute approximate surface area is 189 Å². The summed E-state index contributed by atoms with van der Waals surface area (Å²) in [6.45, 7) is 2.51. The van der Waals surface area contributed by atoms with Crippen molar-refractivity contribution >= 4 is 29.9 Å². The number of guanidine groups is 1. The maximum atomic E-state index is 5.44. The summed E-state index contributed by atoms with van der Waals surface area (Å²) in [6.07, 6.45) is 5.15. The van der Waals surface area contributed by atoms with Crippen LogP contribution in [0.4, 0.5) is 0 Å². The van der Waals surface area contributed by atoms with Gasteiger partial charge in [0.15, 0.2) is 17.5 Å². The van der Waals surface area contributed by atoms with Gasteiger partial charge in [-0.1, -0.05) is 0 Å². The molecule has 8 nitrogen and oxygen atoms in total. The molecule has 1 fully saturated rings. The lowest BCUT2D eigenvalue weighted by molar-refractivity contribution is 0.323. The number of halogens is 1. The third-order valence-corrected chi connectivity index (χ3v) is 5.07. The third kappa shape index (κ3) is 5.26. The van der Waals surface area contributed by atoms with Gasteiger partial charge in [-0.3, -0.25) is 9.67 Å². The number of aryl methyl sites for hydroxylation is 1. The van der Waals surface area contributed by atoms with E-state index >= 15 is 0 Å². The van der Waals surface area contributed by atoms with E-state index in [9.17, 15) is 0 Å². The molecule has 1 aromatic carbocycles. The van der Waals surface area contributed by atoms with Crippen molar-refractivity contribution in [1.82, 2.24) is 20.0 Å². The molecule has 0 amide bonds. The zero-order chi connectivity index (χ0) is 20.1. The van der Waals surface area contributed by atoms with E-state index in [4.69, 9.17) is 14.2 Å². The molecule has 160 valence electrons. The van der Waals surface area contributed by atoms with Crippen LogP contribution >= 0.6 is 24.0 Å². The molecule has 0 spiro atoms. The van der Waals surface area contributed by atoms with Crippen molar-refractivity contribution in [1.29, 1.82) is 0 Å². The van der Waals surface area contributed by atoms with Gasteiger partial charge in [-0.2, -0.15) is 5.10 Å². The number of aromatic nitrogens is 2. The average molecular weight is 515 g/mol. The molecule has 2 heterocycles. The van der Waals surface area contributed by atoms with Gasteiger partial charge in [-0.15, -0.1) is 24.0 Å². The van der Waals surface area contributed by atoms with E-state index in [1.807, 2.05) is 37.1 Å². The van der Waals surface area contributed by atoms with Crippen LogP contribution in [0.3, 0.4) is 0 Å². The molecule has 0 aliphatic carbocycles.